The fourth-order valence-electron chi connectivity index (χ4n) is 1.84. The molecule has 0 unspecified atom stereocenters. The van der Waals surface area contributed by atoms with Gasteiger partial charge in [0.05, 0.1) is 10.0 Å². The summed E-state index contributed by atoms with van der Waals surface area (Å²) in [4.78, 5) is 0. The maximum Gasteiger partial charge on any atom is 0.0612 e. The molecule has 0 aliphatic carbocycles. The molecular weight excluding hydrogens is 265 g/mol. The van der Waals surface area contributed by atoms with E-state index < -0.39 is 0 Å². The summed E-state index contributed by atoms with van der Waals surface area (Å²) >= 11 is 11.8. The summed E-state index contributed by atoms with van der Waals surface area (Å²) in [6.07, 6.45) is 0.993. The Morgan fingerprint density at radius 2 is 1.78 bits per heavy atom. The molecule has 94 valence electrons. The standard InChI is InChI=1S/C15H15Cl2N/c1-11-4-2-3-5-12(11)8-9-18-13-6-7-14(16)15(17)10-13/h2-7,10,18H,8-9H2,1H3. The molecule has 0 radical (unpaired) electrons. The van der Waals surface area contributed by atoms with Crippen LogP contribution in [0.3, 0.4) is 0 Å². The van der Waals surface area contributed by atoms with Gasteiger partial charge in [0.2, 0.25) is 0 Å². The molecule has 0 saturated heterocycles. The zero-order chi connectivity index (χ0) is 13.0. The van der Waals surface area contributed by atoms with E-state index in [4.69, 9.17) is 23.2 Å². The van der Waals surface area contributed by atoms with Crippen LogP contribution in [0.1, 0.15) is 11.1 Å². The third kappa shape index (κ3) is 3.41. The highest BCUT2D eigenvalue weighted by atomic mass is 35.5. The fourth-order valence-corrected chi connectivity index (χ4v) is 2.14. The highest BCUT2D eigenvalue weighted by Gasteiger charge is 2.00. The average Bonchev–Trinajstić information content (AvgIpc) is 2.36. The van der Waals surface area contributed by atoms with E-state index >= 15 is 0 Å². The van der Waals surface area contributed by atoms with Gasteiger partial charge >= 0.3 is 0 Å². The molecule has 0 saturated carbocycles. The minimum atomic E-state index is 0.581. The second-order valence-electron chi connectivity index (χ2n) is 4.23. The molecule has 3 heteroatoms. The molecule has 2 rings (SSSR count). The van der Waals surface area contributed by atoms with Gasteiger partial charge in [-0.3, -0.25) is 0 Å². The topological polar surface area (TPSA) is 12.0 Å². The first-order valence-electron chi connectivity index (χ1n) is 5.90. The van der Waals surface area contributed by atoms with Crippen molar-refractivity contribution in [3.63, 3.8) is 0 Å². The van der Waals surface area contributed by atoms with Gasteiger partial charge in [-0.25, -0.2) is 0 Å². The summed E-state index contributed by atoms with van der Waals surface area (Å²) in [5.74, 6) is 0. The molecule has 0 aliphatic rings. The molecule has 0 aromatic heterocycles. The highest BCUT2D eigenvalue weighted by Crippen LogP contribution is 2.24. The number of rotatable bonds is 4. The van der Waals surface area contributed by atoms with Crippen LogP contribution < -0.4 is 5.32 Å². The Labute approximate surface area is 118 Å². The minimum absolute atomic E-state index is 0.581. The molecule has 2 aromatic carbocycles. The molecule has 0 atom stereocenters. The summed E-state index contributed by atoms with van der Waals surface area (Å²) in [6, 6.07) is 14.0. The quantitative estimate of drug-likeness (QED) is 0.835. The Hall–Kier alpha value is -1.18. The van der Waals surface area contributed by atoms with E-state index in [1.54, 1.807) is 6.07 Å². The highest BCUT2D eigenvalue weighted by molar-refractivity contribution is 6.42. The van der Waals surface area contributed by atoms with Gasteiger partial charge in [-0.15, -0.1) is 0 Å². The van der Waals surface area contributed by atoms with E-state index in [0.29, 0.717) is 10.0 Å². The number of hydrogen-bond donors (Lipinski definition) is 1. The lowest BCUT2D eigenvalue weighted by molar-refractivity contribution is 1.01. The number of nitrogens with one attached hydrogen (secondary N) is 1. The lowest BCUT2D eigenvalue weighted by Gasteiger charge is -2.09. The van der Waals surface area contributed by atoms with E-state index in [0.717, 1.165) is 18.7 Å². The molecule has 1 N–H and O–H groups in total. The number of aryl methyl sites for hydroxylation is 1. The maximum absolute atomic E-state index is 5.96. The van der Waals surface area contributed by atoms with Gasteiger partial charge in [0.25, 0.3) is 0 Å². The van der Waals surface area contributed by atoms with E-state index in [1.807, 2.05) is 12.1 Å². The minimum Gasteiger partial charge on any atom is -0.385 e. The van der Waals surface area contributed by atoms with Crippen molar-refractivity contribution in [2.24, 2.45) is 0 Å². The molecule has 0 aliphatic heterocycles. The number of benzene rings is 2. The third-order valence-corrected chi connectivity index (χ3v) is 3.64. The van der Waals surface area contributed by atoms with Gasteiger partial charge in [0, 0.05) is 12.2 Å². The lowest BCUT2D eigenvalue weighted by atomic mass is 10.1. The molecule has 18 heavy (non-hydrogen) atoms. The van der Waals surface area contributed by atoms with Crippen LogP contribution in [0.25, 0.3) is 0 Å². The van der Waals surface area contributed by atoms with Crippen molar-refractivity contribution in [1.82, 2.24) is 0 Å². The van der Waals surface area contributed by atoms with Crippen LogP contribution in [0.4, 0.5) is 5.69 Å². The van der Waals surface area contributed by atoms with Gasteiger partial charge < -0.3 is 5.32 Å². The predicted molar refractivity (Wildman–Crippen MR) is 79.8 cm³/mol. The van der Waals surface area contributed by atoms with Crippen LogP contribution in [-0.2, 0) is 6.42 Å². The first-order valence-corrected chi connectivity index (χ1v) is 6.66. The van der Waals surface area contributed by atoms with Crippen molar-refractivity contribution < 1.29 is 0 Å². The van der Waals surface area contributed by atoms with Crippen LogP contribution in [-0.4, -0.2) is 6.54 Å². The SMILES string of the molecule is Cc1ccccc1CCNc1ccc(Cl)c(Cl)c1. The molecule has 0 heterocycles. The van der Waals surface area contributed by atoms with Gasteiger partial charge in [-0.05, 0) is 42.7 Å². The van der Waals surface area contributed by atoms with E-state index in [-0.39, 0.29) is 0 Å². The monoisotopic (exact) mass is 279 g/mol. The largest absolute Gasteiger partial charge is 0.385 e. The Kier molecular flexibility index (Phi) is 4.51. The van der Waals surface area contributed by atoms with Crippen LogP contribution in [0.15, 0.2) is 42.5 Å². The lowest BCUT2D eigenvalue weighted by Crippen LogP contribution is -2.05. The van der Waals surface area contributed by atoms with Gasteiger partial charge in [-0.2, -0.15) is 0 Å². The smallest absolute Gasteiger partial charge is 0.0612 e. The zero-order valence-electron chi connectivity index (χ0n) is 10.2. The first kappa shape index (κ1) is 13.3. The summed E-state index contributed by atoms with van der Waals surface area (Å²) < 4.78 is 0. The second-order valence-corrected chi connectivity index (χ2v) is 5.05. The van der Waals surface area contributed by atoms with Gasteiger partial charge in [-0.1, -0.05) is 47.5 Å². The molecule has 0 fully saturated rings. The van der Waals surface area contributed by atoms with Gasteiger partial charge in [0.15, 0.2) is 0 Å². The zero-order valence-corrected chi connectivity index (χ0v) is 11.7. The predicted octanol–water partition coefficient (Wildman–Crippen LogP) is 4.96. The van der Waals surface area contributed by atoms with Crippen LogP contribution in [0.5, 0.6) is 0 Å². The molecule has 0 amide bonds. The molecular formula is C15H15Cl2N. The average molecular weight is 280 g/mol. The van der Waals surface area contributed by atoms with Crippen molar-refractivity contribution in [2.75, 3.05) is 11.9 Å². The number of hydrogen-bond acceptors (Lipinski definition) is 1. The van der Waals surface area contributed by atoms with Crippen LogP contribution >= 0.6 is 23.2 Å². The third-order valence-electron chi connectivity index (χ3n) is 2.90. The van der Waals surface area contributed by atoms with Crippen molar-refractivity contribution in [1.29, 1.82) is 0 Å². The van der Waals surface area contributed by atoms with Gasteiger partial charge in [0.1, 0.15) is 0 Å². The van der Waals surface area contributed by atoms with E-state index in [2.05, 4.69) is 36.5 Å². The van der Waals surface area contributed by atoms with Crippen molar-refractivity contribution in [2.45, 2.75) is 13.3 Å². The maximum atomic E-state index is 5.96. The van der Waals surface area contributed by atoms with Crippen molar-refractivity contribution in [3.05, 3.63) is 63.6 Å². The molecule has 0 bridgehead atoms. The molecule has 2 aromatic rings. The Morgan fingerprint density at radius 1 is 1.00 bits per heavy atom. The van der Waals surface area contributed by atoms with E-state index in [1.165, 1.54) is 11.1 Å². The Balaban J connectivity index is 1.92. The van der Waals surface area contributed by atoms with Crippen molar-refractivity contribution in [3.8, 4) is 0 Å². The Bertz CT molecular complexity index is 538. The number of anilines is 1. The Morgan fingerprint density at radius 3 is 2.50 bits per heavy atom. The summed E-state index contributed by atoms with van der Waals surface area (Å²) in [5, 5.41) is 4.51. The summed E-state index contributed by atoms with van der Waals surface area (Å²) in [6.45, 7) is 3.01. The number of halogens is 2. The van der Waals surface area contributed by atoms with Crippen LogP contribution in [0.2, 0.25) is 10.0 Å². The van der Waals surface area contributed by atoms with Crippen molar-refractivity contribution >= 4 is 28.9 Å². The summed E-state index contributed by atoms with van der Waals surface area (Å²) in [7, 11) is 0. The molecule has 1 nitrogen and oxygen atoms in total. The van der Waals surface area contributed by atoms with Crippen LogP contribution in [0, 0.1) is 6.92 Å². The molecule has 0 spiro atoms. The first-order chi connectivity index (χ1) is 8.66. The summed E-state index contributed by atoms with van der Waals surface area (Å²) in [5.41, 5.74) is 3.69. The second kappa shape index (κ2) is 6.12. The van der Waals surface area contributed by atoms with E-state index in [9.17, 15) is 0 Å². The normalized spacial score (nSPS) is 10.4. The fraction of sp³-hybridized carbons (Fsp3) is 0.200.